The zero-order valence-corrected chi connectivity index (χ0v) is 8.87. The molecule has 0 aromatic heterocycles. The number of nitrogens with zero attached hydrogens (tertiary/aromatic N) is 2. The lowest BCUT2D eigenvalue weighted by atomic mass is 10.1. The fraction of sp³-hybridized carbons (Fsp3) is 0.800. The molecule has 0 amide bonds. The van der Waals surface area contributed by atoms with E-state index in [4.69, 9.17) is 5.26 Å². The van der Waals surface area contributed by atoms with E-state index in [-0.39, 0.29) is 11.8 Å². The summed E-state index contributed by atoms with van der Waals surface area (Å²) in [5, 5.41) is 8.46. The predicted molar refractivity (Wildman–Crippen MR) is 52.2 cm³/mol. The van der Waals surface area contributed by atoms with Crippen LogP contribution in [-0.4, -0.2) is 29.3 Å². The minimum absolute atomic E-state index is 0.0756. The molecule has 13 heavy (non-hydrogen) atoms. The van der Waals surface area contributed by atoms with Gasteiger partial charge in [-0.1, -0.05) is 0 Å². The zero-order valence-electron chi connectivity index (χ0n) is 8.87. The van der Waals surface area contributed by atoms with Crippen molar-refractivity contribution >= 4 is 5.78 Å². The summed E-state index contributed by atoms with van der Waals surface area (Å²) in [7, 11) is 0. The summed E-state index contributed by atoms with van der Waals surface area (Å²) in [6, 6.07) is 2.33. The molecular formula is C10H18N2O. The van der Waals surface area contributed by atoms with Gasteiger partial charge in [0.05, 0.1) is 12.1 Å². The van der Waals surface area contributed by atoms with E-state index < -0.39 is 0 Å². The summed E-state index contributed by atoms with van der Waals surface area (Å²) in [4.78, 5) is 13.2. The molecule has 0 spiro atoms. The van der Waals surface area contributed by atoms with Crippen LogP contribution >= 0.6 is 0 Å². The van der Waals surface area contributed by atoms with Crippen molar-refractivity contribution in [3.05, 3.63) is 0 Å². The highest BCUT2D eigenvalue weighted by Gasteiger charge is 2.19. The van der Waals surface area contributed by atoms with E-state index in [0.717, 1.165) is 0 Å². The first-order chi connectivity index (χ1) is 6.00. The van der Waals surface area contributed by atoms with Crippen LogP contribution in [0.15, 0.2) is 0 Å². The fourth-order valence-electron chi connectivity index (χ4n) is 1.31. The Morgan fingerprint density at radius 2 is 2.00 bits per heavy atom. The minimum Gasteiger partial charge on any atom is -0.298 e. The molecule has 74 valence electrons. The first-order valence-corrected chi connectivity index (χ1v) is 4.63. The van der Waals surface area contributed by atoms with Gasteiger partial charge in [-0.3, -0.25) is 9.69 Å². The highest BCUT2D eigenvalue weighted by molar-refractivity contribution is 5.80. The molecule has 0 rings (SSSR count). The van der Waals surface area contributed by atoms with Gasteiger partial charge in [0.25, 0.3) is 0 Å². The van der Waals surface area contributed by atoms with E-state index >= 15 is 0 Å². The third-order valence-corrected chi connectivity index (χ3v) is 2.23. The first-order valence-electron chi connectivity index (χ1n) is 4.63. The molecular weight excluding hydrogens is 164 g/mol. The van der Waals surface area contributed by atoms with Crippen LogP contribution < -0.4 is 0 Å². The molecule has 0 heterocycles. The maximum Gasteiger partial charge on any atom is 0.146 e. The number of carbonyl (C=O) groups is 1. The number of hydrogen-bond acceptors (Lipinski definition) is 3. The van der Waals surface area contributed by atoms with Gasteiger partial charge in [0.2, 0.25) is 0 Å². The Kier molecular flexibility index (Phi) is 5.33. The Bertz CT molecular complexity index is 205. The van der Waals surface area contributed by atoms with E-state index in [1.54, 1.807) is 6.92 Å². The summed E-state index contributed by atoms with van der Waals surface area (Å²) < 4.78 is 0. The quantitative estimate of drug-likeness (QED) is 0.648. The fourth-order valence-corrected chi connectivity index (χ4v) is 1.31. The van der Waals surface area contributed by atoms with Crippen molar-refractivity contribution in [1.82, 2.24) is 4.90 Å². The van der Waals surface area contributed by atoms with E-state index in [9.17, 15) is 4.79 Å². The Hall–Kier alpha value is -0.880. The Labute approximate surface area is 80.3 Å². The molecule has 0 radical (unpaired) electrons. The molecule has 0 bridgehead atoms. The zero-order chi connectivity index (χ0) is 10.4. The van der Waals surface area contributed by atoms with E-state index in [2.05, 4.69) is 6.07 Å². The van der Waals surface area contributed by atoms with Gasteiger partial charge in [-0.15, -0.1) is 0 Å². The van der Waals surface area contributed by atoms with Crippen molar-refractivity contribution in [2.75, 3.05) is 6.54 Å². The lowest BCUT2D eigenvalue weighted by Crippen LogP contribution is -2.43. The molecule has 0 aliphatic rings. The standard InChI is InChI=1S/C10H18N2O/c1-8(2)12(7-5-6-11)9(3)10(4)13/h8-9H,5,7H2,1-4H3. The largest absolute Gasteiger partial charge is 0.298 e. The molecule has 0 N–H and O–H groups in total. The second-order valence-corrected chi connectivity index (χ2v) is 3.53. The maximum absolute atomic E-state index is 11.1. The number of Topliss-reactive ketones (excluding diaryl/α,β-unsaturated/α-hetero) is 1. The van der Waals surface area contributed by atoms with Crippen LogP contribution in [0.2, 0.25) is 0 Å². The summed E-state index contributed by atoms with van der Waals surface area (Å²) >= 11 is 0. The van der Waals surface area contributed by atoms with E-state index in [1.165, 1.54) is 0 Å². The smallest absolute Gasteiger partial charge is 0.146 e. The van der Waals surface area contributed by atoms with E-state index in [0.29, 0.717) is 19.0 Å². The Morgan fingerprint density at radius 3 is 2.31 bits per heavy atom. The molecule has 0 saturated carbocycles. The third-order valence-electron chi connectivity index (χ3n) is 2.23. The van der Waals surface area contributed by atoms with Crippen LogP contribution in [0.1, 0.15) is 34.1 Å². The first kappa shape index (κ1) is 12.1. The van der Waals surface area contributed by atoms with Gasteiger partial charge in [0.15, 0.2) is 0 Å². The third kappa shape index (κ3) is 4.05. The van der Waals surface area contributed by atoms with Crippen molar-refractivity contribution in [2.24, 2.45) is 0 Å². The molecule has 0 saturated heterocycles. The average molecular weight is 182 g/mol. The molecule has 3 nitrogen and oxygen atoms in total. The predicted octanol–water partition coefficient (Wildman–Crippen LogP) is 1.59. The topological polar surface area (TPSA) is 44.1 Å². The van der Waals surface area contributed by atoms with Crippen LogP contribution in [0, 0.1) is 11.3 Å². The van der Waals surface area contributed by atoms with Gasteiger partial charge in [0.1, 0.15) is 5.78 Å². The Balaban J connectivity index is 4.25. The SMILES string of the molecule is CC(=O)C(C)N(CCC#N)C(C)C. The second-order valence-electron chi connectivity index (χ2n) is 3.53. The number of hydrogen-bond donors (Lipinski definition) is 0. The summed E-state index contributed by atoms with van der Waals surface area (Å²) in [5.74, 6) is 0.159. The Morgan fingerprint density at radius 1 is 1.46 bits per heavy atom. The van der Waals surface area contributed by atoms with Crippen molar-refractivity contribution in [3.63, 3.8) is 0 Å². The summed E-state index contributed by atoms with van der Waals surface area (Å²) in [6.07, 6.45) is 0.482. The van der Waals surface area contributed by atoms with Crippen LogP contribution in [0.5, 0.6) is 0 Å². The number of rotatable bonds is 5. The monoisotopic (exact) mass is 182 g/mol. The van der Waals surface area contributed by atoms with Gasteiger partial charge in [-0.05, 0) is 27.7 Å². The van der Waals surface area contributed by atoms with Crippen molar-refractivity contribution in [3.8, 4) is 6.07 Å². The highest BCUT2D eigenvalue weighted by Crippen LogP contribution is 2.06. The van der Waals surface area contributed by atoms with Gasteiger partial charge < -0.3 is 0 Å². The number of carbonyl (C=O) groups excluding carboxylic acids is 1. The normalized spacial score (nSPS) is 13.0. The molecule has 0 fully saturated rings. The van der Waals surface area contributed by atoms with Gasteiger partial charge in [0, 0.05) is 19.0 Å². The van der Waals surface area contributed by atoms with Crippen LogP contribution in [-0.2, 0) is 4.79 Å². The molecule has 3 heteroatoms. The molecule has 1 unspecified atom stereocenters. The number of nitriles is 1. The molecule has 0 aliphatic carbocycles. The van der Waals surface area contributed by atoms with Crippen LogP contribution in [0.4, 0.5) is 0 Å². The number of ketones is 1. The highest BCUT2D eigenvalue weighted by atomic mass is 16.1. The van der Waals surface area contributed by atoms with Crippen molar-refractivity contribution in [1.29, 1.82) is 5.26 Å². The minimum atomic E-state index is -0.0756. The lowest BCUT2D eigenvalue weighted by molar-refractivity contribution is -0.122. The maximum atomic E-state index is 11.1. The molecule has 1 atom stereocenters. The van der Waals surface area contributed by atoms with Crippen LogP contribution in [0.3, 0.4) is 0 Å². The van der Waals surface area contributed by atoms with Gasteiger partial charge in [-0.25, -0.2) is 0 Å². The summed E-state index contributed by atoms with van der Waals surface area (Å²) in [5.41, 5.74) is 0. The summed E-state index contributed by atoms with van der Waals surface area (Å²) in [6.45, 7) is 8.23. The second kappa shape index (κ2) is 5.71. The van der Waals surface area contributed by atoms with Crippen molar-refractivity contribution in [2.45, 2.75) is 46.2 Å². The lowest BCUT2D eigenvalue weighted by Gasteiger charge is -2.30. The molecule has 0 aliphatic heterocycles. The molecule has 0 aromatic carbocycles. The molecule has 0 aromatic rings. The van der Waals surface area contributed by atoms with Crippen LogP contribution in [0.25, 0.3) is 0 Å². The van der Waals surface area contributed by atoms with Crippen molar-refractivity contribution < 1.29 is 4.79 Å². The van der Waals surface area contributed by atoms with E-state index in [1.807, 2.05) is 25.7 Å². The van der Waals surface area contributed by atoms with Gasteiger partial charge in [-0.2, -0.15) is 5.26 Å². The van der Waals surface area contributed by atoms with Gasteiger partial charge >= 0.3 is 0 Å². The average Bonchev–Trinajstić information content (AvgIpc) is 2.04.